The molecule has 1 aliphatic rings. The molecule has 0 spiro atoms. The van der Waals surface area contributed by atoms with Gasteiger partial charge < -0.3 is 9.84 Å². The van der Waals surface area contributed by atoms with Crippen molar-refractivity contribution in [3.05, 3.63) is 18.2 Å². The van der Waals surface area contributed by atoms with Crippen LogP contribution in [0.1, 0.15) is 50.8 Å². The maximum absolute atomic E-state index is 5.45. The van der Waals surface area contributed by atoms with Crippen LogP contribution in [0.25, 0.3) is 11.5 Å². The third-order valence-electron chi connectivity index (χ3n) is 4.14. The van der Waals surface area contributed by atoms with Crippen molar-refractivity contribution in [2.45, 2.75) is 51.0 Å². The van der Waals surface area contributed by atoms with E-state index >= 15 is 0 Å². The van der Waals surface area contributed by atoms with Crippen molar-refractivity contribution in [1.29, 1.82) is 0 Å². The molecule has 21 heavy (non-hydrogen) atoms. The third-order valence-corrected chi connectivity index (χ3v) is 4.14. The second-order valence-electron chi connectivity index (χ2n) is 5.83. The molecule has 0 unspecified atom stereocenters. The van der Waals surface area contributed by atoms with Gasteiger partial charge >= 0.3 is 0 Å². The number of rotatable bonds is 5. The monoisotopic (exact) mass is 289 g/mol. The van der Waals surface area contributed by atoms with Crippen LogP contribution in [-0.4, -0.2) is 32.5 Å². The molecular formula is C15H23N5O. The SMILES string of the molecule is CCCNC1CCC(c2nc(-c3ccn(C)n3)no2)CC1. The van der Waals surface area contributed by atoms with Crippen molar-refractivity contribution in [1.82, 2.24) is 25.2 Å². The largest absolute Gasteiger partial charge is 0.339 e. The molecule has 0 aliphatic heterocycles. The number of nitrogens with one attached hydrogen (secondary N) is 1. The van der Waals surface area contributed by atoms with E-state index in [9.17, 15) is 0 Å². The van der Waals surface area contributed by atoms with Crippen LogP contribution in [0, 0.1) is 0 Å². The Morgan fingerprint density at radius 1 is 1.33 bits per heavy atom. The molecule has 0 atom stereocenters. The Morgan fingerprint density at radius 3 is 2.81 bits per heavy atom. The third kappa shape index (κ3) is 3.32. The summed E-state index contributed by atoms with van der Waals surface area (Å²) >= 11 is 0. The van der Waals surface area contributed by atoms with Crippen molar-refractivity contribution in [2.24, 2.45) is 7.05 Å². The Kier molecular flexibility index (Phi) is 4.34. The van der Waals surface area contributed by atoms with Gasteiger partial charge in [0.1, 0.15) is 5.69 Å². The van der Waals surface area contributed by atoms with Gasteiger partial charge in [0.25, 0.3) is 0 Å². The van der Waals surface area contributed by atoms with Crippen molar-refractivity contribution >= 4 is 0 Å². The molecule has 1 fully saturated rings. The summed E-state index contributed by atoms with van der Waals surface area (Å²) in [6.07, 6.45) is 7.68. The molecule has 6 nitrogen and oxygen atoms in total. The van der Waals surface area contributed by atoms with Gasteiger partial charge in [-0.25, -0.2) is 0 Å². The van der Waals surface area contributed by atoms with Crippen LogP contribution >= 0.6 is 0 Å². The van der Waals surface area contributed by atoms with Crippen LogP contribution in [0.15, 0.2) is 16.8 Å². The van der Waals surface area contributed by atoms with Gasteiger partial charge in [-0.2, -0.15) is 10.1 Å². The smallest absolute Gasteiger partial charge is 0.230 e. The molecule has 2 aromatic heterocycles. The Balaban J connectivity index is 1.60. The van der Waals surface area contributed by atoms with E-state index in [1.54, 1.807) is 4.68 Å². The lowest BCUT2D eigenvalue weighted by atomic mass is 9.86. The fourth-order valence-electron chi connectivity index (χ4n) is 2.93. The lowest BCUT2D eigenvalue weighted by Crippen LogP contribution is -2.33. The topological polar surface area (TPSA) is 68.8 Å². The summed E-state index contributed by atoms with van der Waals surface area (Å²) in [5.74, 6) is 1.76. The second kappa shape index (κ2) is 6.39. The average Bonchev–Trinajstić information content (AvgIpc) is 3.14. The Morgan fingerprint density at radius 2 is 2.14 bits per heavy atom. The predicted octanol–water partition coefficient (Wildman–Crippen LogP) is 2.50. The zero-order valence-electron chi connectivity index (χ0n) is 12.7. The Hall–Kier alpha value is -1.69. The van der Waals surface area contributed by atoms with E-state index < -0.39 is 0 Å². The molecule has 2 heterocycles. The first-order valence-electron chi connectivity index (χ1n) is 7.83. The lowest BCUT2D eigenvalue weighted by molar-refractivity contribution is 0.283. The number of hydrogen-bond donors (Lipinski definition) is 1. The number of aromatic nitrogens is 4. The highest BCUT2D eigenvalue weighted by Crippen LogP contribution is 2.32. The van der Waals surface area contributed by atoms with Crippen molar-refractivity contribution in [3.8, 4) is 11.5 Å². The van der Waals surface area contributed by atoms with E-state index in [4.69, 9.17) is 4.52 Å². The molecular weight excluding hydrogens is 266 g/mol. The molecule has 3 rings (SSSR count). The molecule has 0 bridgehead atoms. The second-order valence-corrected chi connectivity index (χ2v) is 5.83. The Labute approximate surface area is 124 Å². The zero-order valence-corrected chi connectivity index (χ0v) is 12.7. The molecule has 0 amide bonds. The average molecular weight is 289 g/mol. The van der Waals surface area contributed by atoms with Crippen molar-refractivity contribution < 1.29 is 4.52 Å². The van der Waals surface area contributed by atoms with Gasteiger partial charge in [0.05, 0.1) is 0 Å². The van der Waals surface area contributed by atoms with Gasteiger partial charge in [-0.15, -0.1) is 0 Å². The minimum atomic E-state index is 0.398. The first-order chi connectivity index (χ1) is 10.3. The molecule has 0 saturated heterocycles. The highest BCUT2D eigenvalue weighted by Gasteiger charge is 2.26. The molecule has 0 aromatic carbocycles. The normalized spacial score (nSPS) is 22.6. The molecule has 1 saturated carbocycles. The first-order valence-corrected chi connectivity index (χ1v) is 7.83. The summed E-state index contributed by atoms with van der Waals surface area (Å²) in [5.41, 5.74) is 0.769. The minimum Gasteiger partial charge on any atom is -0.339 e. The Bertz CT molecular complexity index is 568. The highest BCUT2D eigenvalue weighted by atomic mass is 16.5. The van der Waals surface area contributed by atoms with Crippen LogP contribution < -0.4 is 5.32 Å². The number of aryl methyl sites for hydroxylation is 1. The van der Waals surface area contributed by atoms with E-state index in [0.29, 0.717) is 17.8 Å². The fourth-order valence-corrected chi connectivity index (χ4v) is 2.93. The van der Waals surface area contributed by atoms with Gasteiger partial charge in [-0.3, -0.25) is 4.68 Å². The molecule has 0 radical (unpaired) electrons. The van der Waals surface area contributed by atoms with E-state index in [-0.39, 0.29) is 0 Å². The van der Waals surface area contributed by atoms with E-state index in [0.717, 1.165) is 31.0 Å². The minimum absolute atomic E-state index is 0.398. The van der Waals surface area contributed by atoms with Gasteiger partial charge in [-0.1, -0.05) is 12.1 Å². The molecule has 114 valence electrons. The summed E-state index contributed by atoms with van der Waals surface area (Å²) in [6, 6.07) is 2.56. The lowest BCUT2D eigenvalue weighted by Gasteiger charge is -2.27. The zero-order chi connectivity index (χ0) is 14.7. The quantitative estimate of drug-likeness (QED) is 0.916. The van der Waals surface area contributed by atoms with Crippen molar-refractivity contribution in [2.75, 3.05) is 6.54 Å². The molecule has 6 heteroatoms. The highest BCUT2D eigenvalue weighted by molar-refractivity contribution is 5.46. The number of nitrogens with zero attached hydrogens (tertiary/aromatic N) is 4. The number of hydrogen-bond acceptors (Lipinski definition) is 5. The van der Waals surface area contributed by atoms with E-state index in [1.807, 2.05) is 19.3 Å². The maximum atomic E-state index is 5.45. The van der Waals surface area contributed by atoms with Crippen molar-refractivity contribution in [3.63, 3.8) is 0 Å². The summed E-state index contributed by atoms with van der Waals surface area (Å²) in [7, 11) is 1.88. The van der Waals surface area contributed by atoms with Gasteiger partial charge in [0.15, 0.2) is 0 Å². The molecule has 1 aliphatic carbocycles. The van der Waals surface area contributed by atoms with E-state index in [1.165, 1.54) is 19.3 Å². The van der Waals surface area contributed by atoms with Crippen LogP contribution in [-0.2, 0) is 7.05 Å². The first kappa shape index (κ1) is 14.3. The van der Waals surface area contributed by atoms with Crippen LogP contribution in [0.2, 0.25) is 0 Å². The van der Waals surface area contributed by atoms with E-state index in [2.05, 4.69) is 27.5 Å². The summed E-state index contributed by atoms with van der Waals surface area (Å²) < 4.78 is 7.20. The van der Waals surface area contributed by atoms with Gasteiger partial charge in [-0.05, 0) is 44.7 Å². The summed E-state index contributed by atoms with van der Waals surface area (Å²) in [4.78, 5) is 4.53. The van der Waals surface area contributed by atoms with Crippen LogP contribution in [0.5, 0.6) is 0 Å². The molecule has 1 N–H and O–H groups in total. The predicted molar refractivity (Wildman–Crippen MR) is 79.8 cm³/mol. The molecule has 2 aromatic rings. The van der Waals surface area contributed by atoms with Gasteiger partial charge in [0, 0.05) is 25.2 Å². The fraction of sp³-hybridized carbons (Fsp3) is 0.667. The van der Waals surface area contributed by atoms with Crippen LogP contribution in [0.3, 0.4) is 0 Å². The summed E-state index contributed by atoms with van der Waals surface area (Å²) in [6.45, 7) is 3.32. The van der Waals surface area contributed by atoms with Gasteiger partial charge in [0.2, 0.25) is 11.7 Å². The summed E-state index contributed by atoms with van der Waals surface area (Å²) in [5, 5.41) is 12.0. The van der Waals surface area contributed by atoms with Crippen LogP contribution in [0.4, 0.5) is 0 Å². The standard InChI is InChI=1S/C15H23N5O/c1-3-9-16-12-6-4-11(5-7-12)15-17-14(19-21-15)13-8-10-20(2)18-13/h8,10-12,16H,3-7,9H2,1-2H3. The maximum Gasteiger partial charge on any atom is 0.230 e.